The van der Waals surface area contributed by atoms with Gasteiger partial charge < -0.3 is 24.0 Å². The predicted octanol–water partition coefficient (Wildman–Crippen LogP) is 10.8. The largest absolute Gasteiger partial charge is 0.472 e. The monoisotopic (exact) mass is 819 g/mol. The van der Waals surface area contributed by atoms with E-state index in [0.717, 1.165) is 51.4 Å². The molecule has 0 aliphatic heterocycles. The fraction of sp³-hybridized carbons (Fsp3) is 0.609. The Balaban J connectivity index is 4.67. The van der Waals surface area contributed by atoms with Gasteiger partial charge in [0.05, 0.1) is 33.9 Å². The molecule has 0 radical (unpaired) electrons. The summed E-state index contributed by atoms with van der Waals surface area (Å²) in [6.07, 6.45) is 44.9. The third-order valence-corrected chi connectivity index (χ3v) is 9.16. The zero-order chi connectivity index (χ0) is 42.3. The molecule has 57 heavy (non-hydrogen) atoms. The molecular formula is C46H77NO9P+. The van der Waals surface area contributed by atoms with Crippen LogP contribution in [0.1, 0.15) is 123 Å². The van der Waals surface area contributed by atoms with Crippen molar-refractivity contribution < 1.29 is 47.2 Å². The molecule has 3 atom stereocenters. The zero-order valence-corrected chi connectivity index (χ0v) is 36.8. The number of phosphoric ester groups is 1. The van der Waals surface area contributed by atoms with Crippen molar-refractivity contribution in [3.63, 3.8) is 0 Å². The third kappa shape index (κ3) is 40.9. The Morgan fingerprint density at radius 3 is 1.82 bits per heavy atom. The van der Waals surface area contributed by atoms with E-state index in [9.17, 15) is 24.2 Å². The van der Waals surface area contributed by atoms with E-state index < -0.39 is 38.6 Å². The second-order valence-electron chi connectivity index (χ2n) is 14.8. The van der Waals surface area contributed by atoms with Crippen LogP contribution in [0.15, 0.2) is 97.2 Å². The van der Waals surface area contributed by atoms with Crippen molar-refractivity contribution in [2.24, 2.45) is 0 Å². The summed E-state index contributed by atoms with van der Waals surface area (Å²) < 4.78 is 34.1. The predicted molar refractivity (Wildman–Crippen MR) is 234 cm³/mol. The van der Waals surface area contributed by atoms with E-state index in [2.05, 4.69) is 80.7 Å². The summed E-state index contributed by atoms with van der Waals surface area (Å²) in [6.45, 7) is 4.02. The number of aliphatic hydroxyl groups excluding tert-OH is 1. The number of hydrogen-bond acceptors (Lipinski definition) is 8. The fourth-order valence-electron chi connectivity index (χ4n) is 4.84. The van der Waals surface area contributed by atoms with Gasteiger partial charge in [0, 0.05) is 12.8 Å². The van der Waals surface area contributed by atoms with Crippen molar-refractivity contribution in [2.75, 3.05) is 47.5 Å². The van der Waals surface area contributed by atoms with E-state index in [1.165, 1.54) is 19.3 Å². The molecule has 0 aromatic heterocycles. The molecule has 0 fully saturated rings. The Morgan fingerprint density at radius 1 is 0.649 bits per heavy atom. The van der Waals surface area contributed by atoms with E-state index in [0.29, 0.717) is 36.7 Å². The number of aliphatic hydroxyl groups is 1. The second-order valence-corrected chi connectivity index (χ2v) is 16.3. The van der Waals surface area contributed by atoms with E-state index in [1.807, 2.05) is 39.4 Å². The standard InChI is InChI=1S/C46H76NO9P/c1-6-8-10-12-14-16-17-18-19-20-21-23-25-29-33-37-45(49)53-41-44(42-55-57(51,52)54-40-39-47(3,4)5)56-46(50)38-34-30-26-28-32-36-43(48)35-31-27-24-22-15-13-11-9-7-2/h8,10,14-16,18-19,21-23,26-28,31-32,36,43-44,48H,6-7,9,11-13,17,20,24-25,29-30,33-35,37-42H2,1-5H3/p+1/b10-8-,16-14-,19-18-,22-15-,23-21-,28-26+,31-27-,36-32-/t43?,44-/m1/s1. The highest BCUT2D eigenvalue weighted by atomic mass is 31.2. The Morgan fingerprint density at radius 2 is 1.21 bits per heavy atom. The van der Waals surface area contributed by atoms with E-state index in [4.69, 9.17) is 18.5 Å². The first-order valence-electron chi connectivity index (χ1n) is 21.1. The number of esters is 2. The van der Waals surface area contributed by atoms with Crippen LogP contribution in [-0.2, 0) is 32.7 Å². The van der Waals surface area contributed by atoms with Gasteiger partial charge >= 0.3 is 19.8 Å². The van der Waals surface area contributed by atoms with E-state index in [1.54, 1.807) is 12.2 Å². The molecule has 0 spiro atoms. The number of quaternary nitrogens is 1. The Labute approximate surface area is 346 Å². The SMILES string of the molecule is CC/C=C\C/C=C\C/C=C\C/C=C\CCCCC(=O)OC[C@H](COP(=O)(O)OCC[N+](C)(C)C)OC(=O)CCC/C=C/C=C\C(O)C/C=C\C/C=C\CCCCC. The molecule has 0 saturated carbocycles. The van der Waals surface area contributed by atoms with Gasteiger partial charge in [-0.15, -0.1) is 0 Å². The highest BCUT2D eigenvalue weighted by molar-refractivity contribution is 7.47. The first-order chi connectivity index (χ1) is 27.4. The lowest BCUT2D eigenvalue weighted by Crippen LogP contribution is -2.37. The summed E-state index contributed by atoms with van der Waals surface area (Å²) in [5.74, 6) is -0.990. The van der Waals surface area contributed by atoms with Crippen molar-refractivity contribution in [3.05, 3.63) is 97.2 Å². The summed E-state index contributed by atoms with van der Waals surface area (Å²) in [5, 5.41) is 10.1. The number of unbranched alkanes of at least 4 members (excludes halogenated alkanes) is 6. The third-order valence-electron chi connectivity index (χ3n) is 8.18. The van der Waals surface area contributed by atoms with Crippen molar-refractivity contribution in [2.45, 2.75) is 135 Å². The van der Waals surface area contributed by atoms with Gasteiger partial charge in [-0.1, -0.05) is 124 Å². The van der Waals surface area contributed by atoms with Gasteiger partial charge in [0.25, 0.3) is 0 Å². The lowest BCUT2D eigenvalue weighted by molar-refractivity contribution is -0.870. The summed E-state index contributed by atoms with van der Waals surface area (Å²) in [6, 6.07) is 0. The van der Waals surface area contributed by atoms with Crippen LogP contribution in [0, 0.1) is 0 Å². The quantitative estimate of drug-likeness (QED) is 0.0159. The number of carbonyl (C=O) groups is 2. The number of carbonyl (C=O) groups excluding carboxylic acids is 2. The molecule has 0 aromatic rings. The average molecular weight is 819 g/mol. The van der Waals surface area contributed by atoms with Crippen LogP contribution in [0.4, 0.5) is 0 Å². The highest BCUT2D eigenvalue weighted by Crippen LogP contribution is 2.43. The van der Waals surface area contributed by atoms with Crippen LogP contribution in [0.3, 0.4) is 0 Å². The van der Waals surface area contributed by atoms with E-state index >= 15 is 0 Å². The fourth-order valence-corrected chi connectivity index (χ4v) is 5.58. The molecule has 0 aliphatic rings. The molecule has 2 unspecified atom stereocenters. The van der Waals surface area contributed by atoms with Crippen LogP contribution in [-0.4, -0.2) is 86.1 Å². The lowest BCUT2D eigenvalue weighted by atomic mass is 10.2. The summed E-state index contributed by atoms with van der Waals surface area (Å²) in [5.41, 5.74) is 0. The second kappa shape index (κ2) is 37.2. The molecule has 11 heteroatoms. The van der Waals surface area contributed by atoms with Crippen LogP contribution < -0.4 is 0 Å². The van der Waals surface area contributed by atoms with Crippen molar-refractivity contribution in [1.29, 1.82) is 0 Å². The maximum atomic E-state index is 12.7. The topological polar surface area (TPSA) is 129 Å². The molecule has 2 N–H and O–H groups in total. The number of rotatable bonds is 36. The molecule has 0 amide bonds. The summed E-state index contributed by atoms with van der Waals surface area (Å²) >= 11 is 0. The molecule has 0 bridgehead atoms. The highest BCUT2D eigenvalue weighted by Gasteiger charge is 2.27. The number of hydrogen-bond donors (Lipinski definition) is 2. The molecular weight excluding hydrogens is 741 g/mol. The zero-order valence-electron chi connectivity index (χ0n) is 35.9. The molecule has 0 rings (SSSR count). The van der Waals surface area contributed by atoms with Crippen LogP contribution in [0.2, 0.25) is 0 Å². The lowest BCUT2D eigenvalue weighted by Gasteiger charge is -2.24. The summed E-state index contributed by atoms with van der Waals surface area (Å²) in [7, 11) is 1.35. The van der Waals surface area contributed by atoms with Gasteiger partial charge in [-0.2, -0.15) is 0 Å². The maximum absolute atomic E-state index is 12.7. The Bertz CT molecular complexity index is 1310. The number of nitrogens with zero attached hydrogens (tertiary/aromatic N) is 1. The first-order valence-corrected chi connectivity index (χ1v) is 22.6. The van der Waals surface area contributed by atoms with Crippen molar-refractivity contribution >= 4 is 19.8 Å². The maximum Gasteiger partial charge on any atom is 0.472 e. The number of allylic oxidation sites excluding steroid dienone is 14. The molecule has 0 saturated heterocycles. The summed E-state index contributed by atoms with van der Waals surface area (Å²) in [4.78, 5) is 35.3. The van der Waals surface area contributed by atoms with Gasteiger partial charge in [-0.3, -0.25) is 18.6 Å². The number of ether oxygens (including phenoxy) is 2. The van der Waals surface area contributed by atoms with Gasteiger partial charge in [-0.05, 0) is 83.5 Å². The van der Waals surface area contributed by atoms with Crippen LogP contribution >= 0.6 is 7.82 Å². The Kier molecular flexibility index (Phi) is 35.2. The smallest absolute Gasteiger partial charge is 0.462 e. The van der Waals surface area contributed by atoms with E-state index in [-0.39, 0.29) is 26.1 Å². The first kappa shape index (κ1) is 53.9. The van der Waals surface area contributed by atoms with Gasteiger partial charge in [-0.25, -0.2) is 4.57 Å². The van der Waals surface area contributed by atoms with Gasteiger partial charge in [0.2, 0.25) is 0 Å². The minimum atomic E-state index is -4.43. The van der Waals surface area contributed by atoms with Crippen LogP contribution in [0.25, 0.3) is 0 Å². The molecule has 0 aliphatic carbocycles. The molecule has 0 aromatic carbocycles. The molecule has 324 valence electrons. The van der Waals surface area contributed by atoms with Crippen molar-refractivity contribution in [3.8, 4) is 0 Å². The number of phosphoric acid groups is 1. The minimum Gasteiger partial charge on any atom is -0.462 e. The van der Waals surface area contributed by atoms with Gasteiger partial charge in [0.1, 0.15) is 19.8 Å². The average Bonchev–Trinajstić information content (AvgIpc) is 3.15. The molecule has 10 nitrogen and oxygen atoms in total. The van der Waals surface area contributed by atoms with Gasteiger partial charge in [0.15, 0.2) is 6.10 Å². The van der Waals surface area contributed by atoms with Crippen LogP contribution in [0.5, 0.6) is 0 Å². The number of likely N-dealkylation sites (N-methyl/N-ethyl adjacent to an activating group) is 1. The minimum absolute atomic E-state index is 0.00648. The normalized spacial score (nSPS) is 15.1. The molecule has 0 heterocycles. The van der Waals surface area contributed by atoms with Crippen molar-refractivity contribution in [1.82, 2.24) is 0 Å². The Hall–Kier alpha value is -3.11.